The number of nitrogens with zero attached hydrogens (tertiary/aromatic N) is 3. The lowest BCUT2D eigenvalue weighted by Crippen LogP contribution is -2.09. The number of aryl methyl sites for hydroxylation is 1. The van der Waals surface area contributed by atoms with Crippen molar-refractivity contribution < 1.29 is 23.0 Å². The van der Waals surface area contributed by atoms with Gasteiger partial charge in [0.25, 0.3) is 0 Å². The van der Waals surface area contributed by atoms with Gasteiger partial charge in [0, 0.05) is 18.3 Å². The van der Waals surface area contributed by atoms with E-state index < -0.39 is 38.6 Å². The first-order chi connectivity index (χ1) is 12.7. The molecule has 0 fully saturated rings. The van der Waals surface area contributed by atoms with Crippen molar-refractivity contribution in [2.24, 2.45) is 5.10 Å². The largest absolute Gasteiger partial charge is 0.416 e. The Labute approximate surface area is 150 Å². The summed E-state index contributed by atoms with van der Waals surface area (Å²) in [6, 6.07) is 9.77. The lowest BCUT2D eigenvalue weighted by Gasteiger charge is -2.09. The van der Waals surface area contributed by atoms with Gasteiger partial charge in [-0.1, -0.05) is 30.3 Å². The van der Waals surface area contributed by atoms with Crippen molar-refractivity contribution in [1.29, 1.82) is 0 Å². The Bertz CT molecular complexity index is 835. The molecule has 0 unspecified atom stereocenters. The first-order valence-electron chi connectivity index (χ1n) is 7.55. The van der Waals surface area contributed by atoms with Crippen LogP contribution in [0.1, 0.15) is 17.5 Å². The van der Waals surface area contributed by atoms with Gasteiger partial charge in [-0.3, -0.25) is 25.7 Å². The highest BCUT2D eigenvalue weighted by Crippen LogP contribution is 2.41. The predicted molar refractivity (Wildman–Crippen MR) is 91.6 cm³/mol. The van der Waals surface area contributed by atoms with Gasteiger partial charge in [-0.15, -0.1) is 0 Å². The molecule has 142 valence electrons. The van der Waals surface area contributed by atoms with E-state index in [0.717, 1.165) is 5.56 Å². The molecule has 0 aromatic heterocycles. The summed E-state index contributed by atoms with van der Waals surface area (Å²) >= 11 is 0. The van der Waals surface area contributed by atoms with Gasteiger partial charge >= 0.3 is 17.6 Å². The van der Waals surface area contributed by atoms with Crippen LogP contribution in [0.5, 0.6) is 0 Å². The smallest absolute Gasteiger partial charge is 0.266 e. The summed E-state index contributed by atoms with van der Waals surface area (Å²) in [7, 11) is 0. The molecule has 0 aliphatic rings. The van der Waals surface area contributed by atoms with Gasteiger partial charge in [0.15, 0.2) is 0 Å². The van der Waals surface area contributed by atoms with Crippen molar-refractivity contribution >= 4 is 23.3 Å². The molecule has 0 aliphatic carbocycles. The number of rotatable bonds is 7. The van der Waals surface area contributed by atoms with E-state index >= 15 is 0 Å². The normalized spacial score (nSPS) is 11.5. The van der Waals surface area contributed by atoms with Crippen LogP contribution < -0.4 is 5.43 Å². The standard InChI is InChI=1S/C16H13F3N4O4/c17-16(18,19)12-9-13(22(24)25)15(14(10-12)23(26)27)21-20-8-4-7-11-5-2-1-3-6-11/h1-3,5-6,8-10,21H,4,7H2/b20-8-. The van der Waals surface area contributed by atoms with Crippen LogP contribution >= 0.6 is 0 Å². The molecule has 8 nitrogen and oxygen atoms in total. The van der Waals surface area contributed by atoms with Crippen molar-refractivity contribution in [3.8, 4) is 0 Å². The second kappa shape index (κ2) is 8.25. The van der Waals surface area contributed by atoms with Crippen LogP contribution in [0.2, 0.25) is 0 Å². The highest BCUT2D eigenvalue weighted by Gasteiger charge is 2.37. The molecule has 0 atom stereocenters. The zero-order valence-electron chi connectivity index (χ0n) is 13.6. The third-order valence-electron chi connectivity index (χ3n) is 3.49. The van der Waals surface area contributed by atoms with Crippen LogP contribution in [0.15, 0.2) is 47.6 Å². The van der Waals surface area contributed by atoms with Gasteiger partial charge in [-0.2, -0.15) is 18.3 Å². The van der Waals surface area contributed by atoms with E-state index in [-0.39, 0.29) is 12.1 Å². The van der Waals surface area contributed by atoms with Crippen molar-refractivity contribution in [2.45, 2.75) is 19.0 Å². The van der Waals surface area contributed by atoms with E-state index in [1.165, 1.54) is 6.21 Å². The first-order valence-corrected chi connectivity index (χ1v) is 7.55. The Morgan fingerprint density at radius 3 is 2.07 bits per heavy atom. The fourth-order valence-electron chi connectivity index (χ4n) is 2.23. The lowest BCUT2D eigenvalue weighted by atomic mass is 10.1. The van der Waals surface area contributed by atoms with Gasteiger partial charge in [0.2, 0.25) is 5.69 Å². The first kappa shape index (κ1) is 19.8. The zero-order valence-corrected chi connectivity index (χ0v) is 13.6. The molecule has 0 saturated carbocycles. The SMILES string of the molecule is O=[N+]([O-])c1cc(C(F)(F)F)cc([N+](=O)[O-])c1N/N=C\CCc1ccccc1. The molecular formula is C16H13F3N4O4. The van der Waals surface area contributed by atoms with E-state index in [1.54, 1.807) is 0 Å². The summed E-state index contributed by atoms with van der Waals surface area (Å²) < 4.78 is 38.5. The molecule has 0 heterocycles. The molecule has 0 bridgehead atoms. The monoisotopic (exact) mass is 382 g/mol. The number of anilines is 1. The van der Waals surface area contributed by atoms with Crippen LogP contribution in [-0.2, 0) is 12.6 Å². The predicted octanol–water partition coefficient (Wildman–Crippen LogP) is 4.55. The lowest BCUT2D eigenvalue weighted by molar-refractivity contribution is -0.392. The van der Waals surface area contributed by atoms with Gasteiger partial charge < -0.3 is 0 Å². The molecule has 2 rings (SSSR count). The Hall–Kier alpha value is -3.50. The maximum Gasteiger partial charge on any atom is 0.416 e. The molecule has 11 heteroatoms. The molecular weight excluding hydrogens is 369 g/mol. The van der Waals surface area contributed by atoms with Gasteiger partial charge in [0.1, 0.15) is 0 Å². The summed E-state index contributed by atoms with van der Waals surface area (Å²) in [5.41, 5.74) is -1.24. The molecule has 2 aromatic carbocycles. The minimum absolute atomic E-state index is 0.231. The molecule has 27 heavy (non-hydrogen) atoms. The summed E-state index contributed by atoms with van der Waals surface area (Å²) in [5.74, 6) is 0. The number of alkyl halides is 3. The van der Waals surface area contributed by atoms with E-state index in [4.69, 9.17) is 0 Å². The number of nitro groups is 2. The molecule has 0 amide bonds. The Balaban J connectivity index is 2.25. The molecule has 0 aliphatic heterocycles. The van der Waals surface area contributed by atoms with Crippen LogP contribution in [-0.4, -0.2) is 16.1 Å². The third-order valence-corrected chi connectivity index (χ3v) is 3.49. The maximum atomic E-state index is 12.8. The summed E-state index contributed by atoms with van der Waals surface area (Å²) in [6.45, 7) is 0. The molecule has 0 radical (unpaired) electrons. The van der Waals surface area contributed by atoms with Crippen molar-refractivity contribution in [3.63, 3.8) is 0 Å². The van der Waals surface area contributed by atoms with Gasteiger partial charge in [-0.25, -0.2) is 0 Å². The number of hydrazone groups is 1. The van der Waals surface area contributed by atoms with Gasteiger partial charge in [-0.05, 0) is 18.4 Å². The number of benzene rings is 2. The zero-order chi connectivity index (χ0) is 20.0. The quantitative estimate of drug-likeness (QED) is 0.429. The van der Waals surface area contributed by atoms with E-state index in [1.807, 2.05) is 30.3 Å². The minimum Gasteiger partial charge on any atom is -0.266 e. The van der Waals surface area contributed by atoms with E-state index in [9.17, 15) is 33.4 Å². The number of nitrogens with one attached hydrogen (secondary N) is 1. The fourth-order valence-corrected chi connectivity index (χ4v) is 2.23. The number of hydrogen-bond acceptors (Lipinski definition) is 6. The fraction of sp³-hybridized carbons (Fsp3) is 0.188. The summed E-state index contributed by atoms with van der Waals surface area (Å²) in [4.78, 5) is 19.9. The van der Waals surface area contributed by atoms with Crippen molar-refractivity contribution in [3.05, 3.63) is 73.8 Å². The van der Waals surface area contributed by atoms with E-state index in [0.29, 0.717) is 12.8 Å². The Kier molecular flexibility index (Phi) is 6.06. The molecule has 1 N–H and O–H groups in total. The number of halogens is 3. The second-order valence-corrected chi connectivity index (χ2v) is 5.35. The van der Waals surface area contributed by atoms with Crippen LogP contribution in [0.25, 0.3) is 0 Å². The molecule has 2 aromatic rings. The average molecular weight is 382 g/mol. The maximum absolute atomic E-state index is 12.8. The van der Waals surface area contributed by atoms with Crippen LogP contribution in [0.3, 0.4) is 0 Å². The molecule has 0 spiro atoms. The van der Waals surface area contributed by atoms with Crippen molar-refractivity contribution in [2.75, 3.05) is 5.43 Å². The van der Waals surface area contributed by atoms with Crippen molar-refractivity contribution in [1.82, 2.24) is 0 Å². The van der Waals surface area contributed by atoms with Crippen LogP contribution in [0.4, 0.5) is 30.2 Å². The summed E-state index contributed by atoms with van der Waals surface area (Å²) in [6.07, 6.45) is -2.62. The average Bonchev–Trinajstić information content (AvgIpc) is 2.60. The highest BCUT2D eigenvalue weighted by atomic mass is 19.4. The topological polar surface area (TPSA) is 111 Å². The summed E-state index contributed by atoms with van der Waals surface area (Å²) in [5, 5.41) is 25.8. The Morgan fingerprint density at radius 1 is 1.04 bits per heavy atom. The minimum atomic E-state index is -4.97. The van der Waals surface area contributed by atoms with Crippen LogP contribution in [0, 0.1) is 20.2 Å². The van der Waals surface area contributed by atoms with E-state index in [2.05, 4.69) is 10.5 Å². The highest BCUT2D eigenvalue weighted by molar-refractivity contribution is 5.76. The second-order valence-electron chi connectivity index (χ2n) is 5.35. The molecule has 0 saturated heterocycles. The number of nitro benzene ring substituents is 2. The third kappa shape index (κ3) is 5.23. The van der Waals surface area contributed by atoms with Gasteiger partial charge in [0.05, 0.1) is 15.4 Å². The number of hydrogen-bond donors (Lipinski definition) is 1. The Morgan fingerprint density at radius 2 is 1.59 bits per heavy atom.